The number of benzene rings is 2. The maximum Gasteiger partial charge on any atom is 0.223 e. The van der Waals surface area contributed by atoms with Gasteiger partial charge in [0.2, 0.25) is 5.88 Å². The number of hydrogen-bond donors (Lipinski definition) is 0. The molecule has 0 bridgehead atoms. The van der Waals surface area contributed by atoms with Crippen LogP contribution in [0.15, 0.2) is 85.3 Å². The molecule has 0 aliphatic carbocycles. The van der Waals surface area contributed by atoms with Gasteiger partial charge in [0, 0.05) is 35.1 Å². The summed E-state index contributed by atoms with van der Waals surface area (Å²) < 4.78 is 7.90. The van der Waals surface area contributed by atoms with E-state index in [0.717, 1.165) is 27.8 Å². The minimum Gasteiger partial charge on any atom is -0.439 e. The maximum absolute atomic E-state index is 5.98. The normalized spacial score (nSPS) is 10.9. The topological polar surface area (TPSA) is 65.7 Å². The van der Waals surface area contributed by atoms with Gasteiger partial charge in [0.05, 0.1) is 17.4 Å². The standard InChI is InChI=1S/C23H17N5O/c1-16-14-22(27-23(26-16)17-10-12-24-13-11-17)29-20-8-6-19(7-9-20)28-21-5-3-2-4-18(21)15-25-28/h2-15H,1H3. The molecule has 3 heterocycles. The highest BCUT2D eigenvalue weighted by molar-refractivity contribution is 5.80. The van der Waals surface area contributed by atoms with Crippen LogP contribution >= 0.6 is 0 Å². The van der Waals surface area contributed by atoms with Crippen molar-refractivity contribution in [2.24, 2.45) is 0 Å². The third kappa shape index (κ3) is 3.43. The van der Waals surface area contributed by atoms with Crippen LogP contribution in [0.2, 0.25) is 0 Å². The molecule has 3 aromatic heterocycles. The summed E-state index contributed by atoms with van der Waals surface area (Å²) in [7, 11) is 0. The summed E-state index contributed by atoms with van der Waals surface area (Å²) in [4.78, 5) is 13.1. The van der Waals surface area contributed by atoms with E-state index in [4.69, 9.17) is 4.74 Å². The molecule has 0 spiro atoms. The van der Waals surface area contributed by atoms with E-state index in [2.05, 4.69) is 26.1 Å². The number of rotatable bonds is 4. The van der Waals surface area contributed by atoms with E-state index in [1.807, 2.05) is 78.5 Å². The average molecular weight is 379 g/mol. The average Bonchev–Trinajstić information content (AvgIpc) is 3.19. The van der Waals surface area contributed by atoms with Crippen LogP contribution in [-0.2, 0) is 0 Å². The molecule has 6 nitrogen and oxygen atoms in total. The van der Waals surface area contributed by atoms with Crippen LogP contribution in [0.25, 0.3) is 28.0 Å². The van der Waals surface area contributed by atoms with Crippen molar-refractivity contribution in [1.82, 2.24) is 24.7 Å². The van der Waals surface area contributed by atoms with Crippen molar-refractivity contribution in [2.75, 3.05) is 0 Å². The van der Waals surface area contributed by atoms with Crippen LogP contribution in [0.5, 0.6) is 11.6 Å². The monoisotopic (exact) mass is 379 g/mol. The number of aryl methyl sites for hydroxylation is 1. The first-order valence-electron chi connectivity index (χ1n) is 9.23. The molecule has 0 aliphatic heterocycles. The van der Waals surface area contributed by atoms with Crippen molar-refractivity contribution in [1.29, 1.82) is 0 Å². The van der Waals surface area contributed by atoms with E-state index in [1.54, 1.807) is 12.4 Å². The summed E-state index contributed by atoms with van der Waals surface area (Å²) >= 11 is 0. The zero-order valence-electron chi connectivity index (χ0n) is 15.7. The van der Waals surface area contributed by atoms with Crippen molar-refractivity contribution in [3.8, 4) is 28.7 Å². The molecule has 0 aliphatic rings. The molecule has 0 radical (unpaired) electrons. The Morgan fingerprint density at radius 2 is 1.66 bits per heavy atom. The van der Waals surface area contributed by atoms with Crippen molar-refractivity contribution in [2.45, 2.75) is 6.92 Å². The highest BCUT2D eigenvalue weighted by Crippen LogP contribution is 2.25. The Morgan fingerprint density at radius 3 is 2.48 bits per heavy atom. The number of para-hydroxylation sites is 1. The molecule has 2 aromatic carbocycles. The molecule has 140 valence electrons. The lowest BCUT2D eigenvalue weighted by Gasteiger charge is -2.09. The molecular formula is C23H17N5O. The fourth-order valence-corrected chi connectivity index (χ4v) is 3.18. The number of pyridine rings is 1. The number of fused-ring (bicyclic) bond motifs is 1. The molecule has 0 saturated carbocycles. The SMILES string of the molecule is Cc1cc(Oc2ccc(-n3ncc4ccccc43)cc2)nc(-c2ccncc2)n1. The van der Waals surface area contributed by atoms with Crippen LogP contribution in [0.4, 0.5) is 0 Å². The predicted octanol–water partition coefficient (Wildman–Crippen LogP) is 4.98. The number of nitrogens with zero attached hydrogens (tertiary/aromatic N) is 5. The van der Waals surface area contributed by atoms with Gasteiger partial charge in [-0.15, -0.1) is 0 Å². The van der Waals surface area contributed by atoms with E-state index in [1.165, 1.54) is 0 Å². The first kappa shape index (κ1) is 17.1. The smallest absolute Gasteiger partial charge is 0.223 e. The van der Waals surface area contributed by atoms with E-state index in [0.29, 0.717) is 17.5 Å². The van der Waals surface area contributed by atoms with Gasteiger partial charge in [-0.1, -0.05) is 18.2 Å². The number of hydrogen-bond acceptors (Lipinski definition) is 5. The Bertz CT molecular complexity index is 1280. The molecule has 5 rings (SSSR count). The van der Waals surface area contributed by atoms with E-state index < -0.39 is 0 Å². The summed E-state index contributed by atoms with van der Waals surface area (Å²) in [6, 6.07) is 21.5. The van der Waals surface area contributed by atoms with Crippen LogP contribution < -0.4 is 4.74 Å². The fourth-order valence-electron chi connectivity index (χ4n) is 3.18. The van der Waals surface area contributed by atoms with Crippen LogP contribution in [-0.4, -0.2) is 24.7 Å². The van der Waals surface area contributed by atoms with Crippen LogP contribution in [0, 0.1) is 6.92 Å². The molecule has 0 saturated heterocycles. The number of aromatic nitrogens is 5. The summed E-state index contributed by atoms with van der Waals surface area (Å²) in [5, 5.41) is 5.59. The lowest BCUT2D eigenvalue weighted by Crippen LogP contribution is -1.97. The molecular weight excluding hydrogens is 362 g/mol. The third-order valence-electron chi connectivity index (χ3n) is 4.55. The van der Waals surface area contributed by atoms with Gasteiger partial charge >= 0.3 is 0 Å². The van der Waals surface area contributed by atoms with E-state index in [-0.39, 0.29) is 0 Å². The van der Waals surface area contributed by atoms with Crippen LogP contribution in [0.1, 0.15) is 5.69 Å². The Hall–Kier alpha value is -4.06. The summed E-state index contributed by atoms with van der Waals surface area (Å²) in [6.07, 6.45) is 5.31. The zero-order valence-corrected chi connectivity index (χ0v) is 15.7. The summed E-state index contributed by atoms with van der Waals surface area (Å²) in [6.45, 7) is 1.92. The van der Waals surface area contributed by atoms with Gasteiger partial charge < -0.3 is 4.74 Å². The second-order valence-electron chi connectivity index (χ2n) is 6.62. The lowest BCUT2D eigenvalue weighted by atomic mass is 10.2. The van der Waals surface area contributed by atoms with Crippen molar-refractivity contribution >= 4 is 10.9 Å². The molecule has 0 fully saturated rings. The number of ether oxygens (including phenoxy) is 1. The largest absolute Gasteiger partial charge is 0.439 e. The van der Waals surface area contributed by atoms with Gasteiger partial charge in [-0.2, -0.15) is 10.1 Å². The van der Waals surface area contributed by atoms with Gasteiger partial charge in [-0.3, -0.25) is 4.98 Å². The van der Waals surface area contributed by atoms with Gasteiger partial charge in [0.15, 0.2) is 5.82 Å². The molecule has 29 heavy (non-hydrogen) atoms. The van der Waals surface area contributed by atoms with Crippen LogP contribution in [0.3, 0.4) is 0 Å². The Kier molecular flexibility index (Phi) is 4.22. The van der Waals surface area contributed by atoms with Gasteiger partial charge in [0.1, 0.15) is 5.75 Å². The first-order valence-corrected chi connectivity index (χ1v) is 9.23. The molecule has 6 heteroatoms. The van der Waals surface area contributed by atoms with Gasteiger partial charge in [-0.25, -0.2) is 9.67 Å². The van der Waals surface area contributed by atoms with E-state index in [9.17, 15) is 0 Å². The second-order valence-corrected chi connectivity index (χ2v) is 6.62. The maximum atomic E-state index is 5.98. The highest BCUT2D eigenvalue weighted by Gasteiger charge is 2.08. The Balaban J connectivity index is 1.42. The molecule has 0 N–H and O–H groups in total. The van der Waals surface area contributed by atoms with E-state index >= 15 is 0 Å². The van der Waals surface area contributed by atoms with Gasteiger partial charge in [-0.05, 0) is 49.4 Å². The quantitative estimate of drug-likeness (QED) is 0.441. The second kappa shape index (κ2) is 7.16. The fraction of sp³-hybridized carbons (Fsp3) is 0.0435. The molecule has 0 amide bonds. The lowest BCUT2D eigenvalue weighted by molar-refractivity contribution is 0.461. The molecule has 0 atom stereocenters. The summed E-state index contributed by atoms with van der Waals surface area (Å²) in [5.41, 5.74) is 3.76. The zero-order chi connectivity index (χ0) is 19.6. The van der Waals surface area contributed by atoms with Crippen molar-refractivity contribution in [3.63, 3.8) is 0 Å². The summed E-state index contributed by atoms with van der Waals surface area (Å²) in [5.74, 6) is 1.81. The van der Waals surface area contributed by atoms with Gasteiger partial charge in [0.25, 0.3) is 0 Å². The minimum atomic E-state index is 0.501. The Labute approximate surface area is 167 Å². The predicted molar refractivity (Wildman–Crippen MR) is 111 cm³/mol. The van der Waals surface area contributed by atoms with Crippen molar-refractivity contribution in [3.05, 3.63) is 91.0 Å². The highest BCUT2D eigenvalue weighted by atomic mass is 16.5. The first-order chi connectivity index (χ1) is 14.3. The molecule has 5 aromatic rings. The Morgan fingerprint density at radius 1 is 0.862 bits per heavy atom. The van der Waals surface area contributed by atoms with Crippen molar-refractivity contribution < 1.29 is 4.74 Å². The minimum absolute atomic E-state index is 0.501. The third-order valence-corrected chi connectivity index (χ3v) is 4.55. The molecule has 0 unspecified atom stereocenters.